The number of H-pyrrole nitrogens is 1. The Balaban J connectivity index is 2.60. The zero-order valence-electron chi connectivity index (χ0n) is 9.39. The first kappa shape index (κ1) is 11.1. The van der Waals surface area contributed by atoms with Crippen LogP contribution in [0.25, 0.3) is 10.9 Å². The Labute approximate surface area is 96.9 Å². The highest BCUT2D eigenvalue weighted by atomic mass is 16.5. The van der Waals surface area contributed by atoms with E-state index in [2.05, 4.69) is 15.2 Å². The van der Waals surface area contributed by atoms with E-state index in [0.29, 0.717) is 16.7 Å². The third-order valence-electron chi connectivity index (χ3n) is 2.25. The number of fused-ring (bicyclic) bond motifs is 1. The van der Waals surface area contributed by atoms with Crippen LogP contribution in [0.3, 0.4) is 0 Å². The van der Waals surface area contributed by atoms with Gasteiger partial charge in [0, 0.05) is 12.3 Å². The summed E-state index contributed by atoms with van der Waals surface area (Å²) >= 11 is 0. The normalized spacial score (nSPS) is 11.2. The summed E-state index contributed by atoms with van der Waals surface area (Å²) in [5, 5.41) is 17.4. The van der Waals surface area contributed by atoms with Crippen molar-refractivity contribution in [3.05, 3.63) is 18.2 Å². The number of methoxy groups -OCH3 is 1. The topological polar surface area (TPSA) is 87.0 Å². The molecule has 0 fully saturated rings. The van der Waals surface area contributed by atoms with Crippen LogP contribution in [0.15, 0.2) is 28.4 Å². The van der Waals surface area contributed by atoms with Crippen LogP contribution < -0.4 is 4.74 Å². The maximum atomic E-state index is 10.7. The second-order valence-corrected chi connectivity index (χ2v) is 3.45. The molecule has 1 aromatic heterocycles. The molecule has 0 radical (unpaired) electrons. The van der Waals surface area contributed by atoms with Gasteiger partial charge in [-0.05, 0) is 18.2 Å². The summed E-state index contributed by atoms with van der Waals surface area (Å²) in [7, 11) is 1.55. The van der Waals surface area contributed by atoms with Gasteiger partial charge in [-0.15, -0.1) is 10.2 Å². The van der Waals surface area contributed by atoms with E-state index in [1.54, 1.807) is 25.3 Å². The highest BCUT2D eigenvalue weighted by molar-refractivity contribution is 5.95. The lowest BCUT2D eigenvalue weighted by atomic mass is 10.2. The Morgan fingerprint density at radius 2 is 2.24 bits per heavy atom. The molecule has 0 aliphatic carbocycles. The van der Waals surface area contributed by atoms with E-state index in [-0.39, 0.29) is 11.6 Å². The van der Waals surface area contributed by atoms with Crippen LogP contribution in [-0.4, -0.2) is 23.1 Å². The quantitative estimate of drug-likeness (QED) is 0.781. The molecular formula is C11H11N3O3. The number of carbonyl (C=O) groups is 1. The standard InChI is InChI=1S/C11H11N3O3/c1-6(15)13-14-10-8-5-7(17-2)3-4-9(8)12-11(10)16/h3-5,12,16H,1-2H3. The van der Waals surface area contributed by atoms with Crippen LogP contribution in [-0.2, 0) is 4.79 Å². The third kappa shape index (κ3) is 2.10. The number of aromatic nitrogens is 1. The molecule has 0 unspecified atom stereocenters. The van der Waals surface area contributed by atoms with Crippen molar-refractivity contribution in [1.82, 2.24) is 4.98 Å². The van der Waals surface area contributed by atoms with E-state index in [0.717, 1.165) is 0 Å². The highest BCUT2D eigenvalue weighted by Crippen LogP contribution is 2.37. The van der Waals surface area contributed by atoms with Crippen molar-refractivity contribution in [3.63, 3.8) is 0 Å². The average molecular weight is 233 g/mol. The van der Waals surface area contributed by atoms with E-state index in [1.165, 1.54) is 6.92 Å². The molecule has 0 aliphatic rings. The molecule has 0 atom stereocenters. The molecule has 2 rings (SSSR count). The highest BCUT2D eigenvalue weighted by Gasteiger charge is 2.11. The molecule has 0 spiro atoms. The number of rotatable bonds is 2. The number of carbonyl (C=O) groups excluding carboxylic acids is 1. The van der Waals surface area contributed by atoms with Crippen LogP contribution in [0.5, 0.6) is 11.6 Å². The second kappa shape index (κ2) is 4.25. The molecule has 1 aromatic carbocycles. The predicted octanol–water partition coefficient (Wildman–Crippen LogP) is 2.51. The molecule has 6 heteroatoms. The minimum atomic E-state index is -0.429. The summed E-state index contributed by atoms with van der Waals surface area (Å²) in [6, 6.07) is 5.21. The lowest BCUT2D eigenvalue weighted by Crippen LogP contribution is -1.81. The molecule has 6 nitrogen and oxygen atoms in total. The Hall–Kier alpha value is -2.37. The van der Waals surface area contributed by atoms with Crippen molar-refractivity contribution in [2.45, 2.75) is 6.92 Å². The molecule has 1 amide bonds. The number of azo groups is 1. The first-order chi connectivity index (χ1) is 8.11. The zero-order valence-corrected chi connectivity index (χ0v) is 9.39. The van der Waals surface area contributed by atoms with Crippen molar-refractivity contribution in [2.24, 2.45) is 10.2 Å². The number of hydrogen-bond donors (Lipinski definition) is 2. The number of hydrogen-bond acceptors (Lipinski definition) is 4. The fraction of sp³-hybridized carbons (Fsp3) is 0.182. The molecule has 1 heterocycles. The fourth-order valence-electron chi connectivity index (χ4n) is 1.49. The Morgan fingerprint density at radius 1 is 1.47 bits per heavy atom. The van der Waals surface area contributed by atoms with Gasteiger partial charge in [-0.1, -0.05) is 0 Å². The molecule has 88 valence electrons. The molecule has 17 heavy (non-hydrogen) atoms. The van der Waals surface area contributed by atoms with Crippen molar-refractivity contribution >= 4 is 22.5 Å². The molecule has 2 aromatic rings. The van der Waals surface area contributed by atoms with Crippen molar-refractivity contribution < 1.29 is 14.6 Å². The number of nitrogens with one attached hydrogen (secondary N) is 1. The minimum absolute atomic E-state index is 0.127. The van der Waals surface area contributed by atoms with Gasteiger partial charge in [0.05, 0.1) is 12.6 Å². The summed E-state index contributed by atoms with van der Waals surface area (Å²) in [4.78, 5) is 13.5. The fourth-order valence-corrected chi connectivity index (χ4v) is 1.49. The van der Waals surface area contributed by atoms with Gasteiger partial charge in [-0.3, -0.25) is 4.79 Å². The first-order valence-corrected chi connectivity index (χ1v) is 4.93. The molecular weight excluding hydrogens is 222 g/mol. The Bertz CT molecular complexity index is 601. The van der Waals surface area contributed by atoms with Gasteiger partial charge in [0.1, 0.15) is 5.75 Å². The van der Waals surface area contributed by atoms with Gasteiger partial charge in [0.25, 0.3) is 5.91 Å². The lowest BCUT2D eigenvalue weighted by Gasteiger charge is -1.98. The Kier molecular flexibility index (Phi) is 2.78. The van der Waals surface area contributed by atoms with E-state index in [4.69, 9.17) is 4.74 Å². The zero-order chi connectivity index (χ0) is 12.4. The number of benzene rings is 1. The molecule has 0 aliphatic heterocycles. The van der Waals surface area contributed by atoms with Gasteiger partial charge in [0.15, 0.2) is 5.69 Å². The van der Waals surface area contributed by atoms with E-state index < -0.39 is 5.91 Å². The predicted molar refractivity (Wildman–Crippen MR) is 61.7 cm³/mol. The molecule has 0 saturated heterocycles. The summed E-state index contributed by atoms with van der Waals surface area (Å²) in [6.45, 7) is 1.29. The van der Waals surface area contributed by atoms with Crippen LogP contribution in [0.4, 0.5) is 5.69 Å². The van der Waals surface area contributed by atoms with Gasteiger partial charge < -0.3 is 14.8 Å². The van der Waals surface area contributed by atoms with Gasteiger partial charge >= 0.3 is 0 Å². The average Bonchev–Trinajstić information content (AvgIpc) is 2.61. The van der Waals surface area contributed by atoms with Crippen molar-refractivity contribution in [3.8, 4) is 11.6 Å². The second-order valence-electron chi connectivity index (χ2n) is 3.45. The summed E-state index contributed by atoms with van der Waals surface area (Å²) < 4.78 is 5.08. The molecule has 0 saturated carbocycles. The van der Waals surface area contributed by atoms with Crippen molar-refractivity contribution in [1.29, 1.82) is 0 Å². The maximum Gasteiger partial charge on any atom is 0.261 e. The van der Waals surface area contributed by atoms with Crippen LogP contribution in [0.1, 0.15) is 6.92 Å². The number of aromatic hydroxyl groups is 1. The summed E-state index contributed by atoms with van der Waals surface area (Å²) in [5.74, 6) is 0.0793. The first-order valence-electron chi connectivity index (χ1n) is 4.93. The van der Waals surface area contributed by atoms with Crippen LogP contribution >= 0.6 is 0 Å². The Morgan fingerprint density at radius 3 is 2.88 bits per heavy atom. The van der Waals surface area contributed by atoms with E-state index in [1.807, 2.05) is 0 Å². The monoisotopic (exact) mass is 233 g/mol. The minimum Gasteiger partial charge on any atom is -0.497 e. The molecule has 0 bridgehead atoms. The van der Waals surface area contributed by atoms with Crippen LogP contribution in [0.2, 0.25) is 0 Å². The lowest BCUT2D eigenvalue weighted by molar-refractivity contribution is -0.116. The van der Waals surface area contributed by atoms with Gasteiger partial charge in [-0.25, -0.2) is 0 Å². The summed E-state index contributed by atoms with van der Waals surface area (Å²) in [6.07, 6.45) is 0. The van der Waals surface area contributed by atoms with Gasteiger partial charge in [-0.2, -0.15) is 0 Å². The van der Waals surface area contributed by atoms with E-state index >= 15 is 0 Å². The number of amides is 1. The number of aromatic amines is 1. The number of nitrogens with zero attached hydrogens (tertiary/aromatic N) is 2. The molecule has 2 N–H and O–H groups in total. The smallest absolute Gasteiger partial charge is 0.261 e. The largest absolute Gasteiger partial charge is 0.497 e. The number of ether oxygens (including phenoxy) is 1. The SMILES string of the molecule is COc1ccc2[nH]c(O)c(N=NC(C)=O)c2c1. The summed E-state index contributed by atoms with van der Waals surface area (Å²) in [5.41, 5.74) is 0.926. The van der Waals surface area contributed by atoms with Crippen LogP contribution in [0, 0.1) is 0 Å². The van der Waals surface area contributed by atoms with Gasteiger partial charge in [0.2, 0.25) is 5.88 Å². The van der Waals surface area contributed by atoms with Crippen molar-refractivity contribution in [2.75, 3.05) is 7.11 Å². The maximum absolute atomic E-state index is 10.7. The third-order valence-corrected chi connectivity index (χ3v) is 2.25. The van der Waals surface area contributed by atoms with E-state index in [9.17, 15) is 9.90 Å².